The maximum Gasteiger partial charge on any atom is 0.159 e. The monoisotopic (exact) mass is 429 g/mol. The van der Waals surface area contributed by atoms with Gasteiger partial charge in [0.1, 0.15) is 12.4 Å². The van der Waals surface area contributed by atoms with Gasteiger partial charge in [-0.1, -0.05) is 30.3 Å². The number of anilines is 1. The summed E-state index contributed by atoms with van der Waals surface area (Å²) in [4.78, 5) is 11.9. The first-order valence-corrected chi connectivity index (χ1v) is 11.8. The Morgan fingerprint density at radius 3 is 2.71 bits per heavy atom. The Morgan fingerprint density at radius 1 is 1.06 bits per heavy atom. The molecule has 0 saturated carbocycles. The van der Waals surface area contributed by atoms with Crippen molar-refractivity contribution in [1.82, 2.24) is 9.97 Å². The molecule has 158 valence electrons. The summed E-state index contributed by atoms with van der Waals surface area (Å²) in [5.74, 6) is 2.34. The lowest BCUT2D eigenvalue weighted by Crippen LogP contribution is -2.34. The van der Waals surface area contributed by atoms with Gasteiger partial charge in [-0.3, -0.25) is 0 Å². The summed E-state index contributed by atoms with van der Waals surface area (Å²) in [7, 11) is 0. The van der Waals surface area contributed by atoms with E-state index in [1.807, 2.05) is 31.3 Å². The topological polar surface area (TPSA) is 38.2 Å². The molecule has 5 rings (SSSR count). The molecule has 1 saturated heterocycles. The van der Waals surface area contributed by atoms with E-state index in [0.717, 1.165) is 42.3 Å². The number of aromatic nitrogens is 2. The lowest BCUT2D eigenvalue weighted by atomic mass is 9.93. The number of hydrogen-bond acceptors (Lipinski definition) is 5. The summed E-state index contributed by atoms with van der Waals surface area (Å²) in [5.41, 5.74) is 3.41. The van der Waals surface area contributed by atoms with Crippen LogP contribution in [-0.4, -0.2) is 23.1 Å². The summed E-state index contributed by atoms with van der Waals surface area (Å²) in [6.45, 7) is 4.74. The van der Waals surface area contributed by atoms with Crippen LogP contribution in [0, 0.1) is 12.8 Å². The lowest BCUT2D eigenvalue weighted by Gasteiger charge is -2.33. The highest BCUT2D eigenvalue weighted by Gasteiger charge is 2.21. The first kappa shape index (κ1) is 20.0. The zero-order valence-corrected chi connectivity index (χ0v) is 18.6. The molecule has 0 N–H and O–H groups in total. The number of piperidine rings is 1. The van der Waals surface area contributed by atoms with Crippen molar-refractivity contribution in [2.75, 3.05) is 18.0 Å². The van der Waals surface area contributed by atoms with Crippen LogP contribution in [-0.2, 0) is 13.0 Å². The van der Waals surface area contributed by atoms with Crippen molar-refractivity contribution in [3.8, 4) is 5.75 Å². The van der Waals surface area contributed by atoms with Gasteiger partial charge in [-0.15, -0.1) is 11.3 Å². The first-order chi connectivity index (χ1) is 15.2. The minimum absolute atomic E-state index is 0.542. The summed E-state index contributed by atoms with van der Waals surface area (Å²) in [6, 6.07) is 19.2. The second kappa shape index (κ2) is 9.06. The molecule has 3 heterocycles. The molecular formula is C26H27N3OS. The molecule has 0 unspecified atom stereocenters. The molecule has 0 radical (unpaired) electrons. The zero-order valence-electron chi connectivity index (χ0n) is 17.8. The SMILES string of the molecule is Cc1nc(CC2CCN(c3ccc4sccc4c3)CC2)ncc1OCc1ccccc1. The molecule has 0 amide bonds. The molecule has 1 aliphatic heterocycles. The van der Waals surface area contributed by atoms with Crippen LogP contribution in [0.3, 0.4) is 0 Å². The minimum atomic E-state index is 0.542. The Morgan fingerprint density at radius 2 is 1.90 bits per heavy atom. The van der Waals surface area contributed by atoms with Gasteiger partial charge in [-0.05, 0) is 66.3 Å². The van der Waals surface area contributed by atoms with Crippen molar-refractivity contribution < 1.29 is 4.74 Å². The molecular weight excluding hydrogens is 402 g/mol. The molecule has 2 aromatic heterocycles. The second-order valence-corrected chi connectivity index (χ2v) is 9.24. The molecule has 4 aromatic rings. The van der Waals surface area contributed by atoms with Crippen molar-refractivity contribution in [3.05, 3.63) is 83.3 Å². The largest absolute Gasteiger partial charge is 0.485 e. The third-order valence-corrected chi connectivity index (χ3v) is 7.01. The van der Waals surface area contributed by atoms with Gasteiger partial charge >= 0.3 is 0 Å². The lowest BCUT2D eigenvalue weighted by molar-refractivity contribution is 0.300. The Kier molecular flexibility index (Phi) is 5.85. The first-order valence-electron chi connectivity index (χ1n) is 11.0. The van der Waals surface area contributed by atoms with Gasteiger partial charge < -0.3 is 9.64 Å². The van der Waals surface area contributed by atoms with Crippen molar-refractivity contribution in [2.45, 2.75) is 32.8 Å². The van der Waals surface area contributed by atoms with Crippen LogP contribution in [0.2, 0.25) is 0 Å². The van der Waals surface area contributed by atoms with Crippen molar-refractivity contribution in [1.29, 1.82) is 0 Å². The number of aryl methyl sites for hydroxylation is 1. The van der Waals surface area contributed by atoms with Gasteiger partial charge in [0.25, 0.3) is 0 Å². The normalized spacial score (nSPS) is 14.8. The molecule has 0 bridgehead atoms. The van der Waals surface area contributed by atoms with Gasteiger partial charge in [0.2, 0.25) is 0 Å². The molecule has 5 heteroatoms. The number of thiophene rings is 1. The average molecular weight is 430 g/mol. The van der Waals surface area contributed by atoms with Gasteiger partial charge in [0, 0.05) is 29.9 Å². The molecule has 0 atom stereocenters. The average Bonchev–Trinajstić information content (AvgIpc) is 3.28. The van der Waals surface area contributed by atoms with Crippen LogP contribution in [0.15, 0.2) is 66.2 Å². The van der Waals surface area contributed by atoms with Crippen LogP contribution < -0.4 is 9.64 Å². The van der Waals surface area contributed by atoms with E-state index >= 15 is 0 Å². The zero-order chi connectivity index (χ0) is 21.0. The molecule has 0 aliphatic carbocycles. The molecule has 2 aromatic carbocycles. The number of benzene rings is 2. The summed E-state index contributed by atoms with van der Waals surface area (Å²) >= 11 is 1.81. The molecule has 1 fully saturated rings. The second-order valence-electron chi connectivity index (χ2n) is 8.29. The van der Waals surface area contributed by atoms with E-state index in [-0.39, 0.29) is 0 Å². The Hall–Kier alpha value is -2.92. The predicted octanol–water partition coefficient (Wildman–Crippen LogP) is 6.04. The molecule has 1 aliphatic rings. The van der Waals surface area contributed by atoms with E-state index in [0.29, 0.717) is 12.5 Å². The maximum absolute atomic E-state index is 5.92. The van der Waals surface area contributed by atoms with Crippen molar-refractivity contribution >= 4 is 27.1 Å². The van der Waals surface area contributed by atoms with E-state index in [9.17, 15) is 0 Å². The molecule has 4 nitrogen and oxygen atoms in total. The van der Waals surface area contributed by atoms with Crippen molar-refractivity contribution in [3.63, 3.8) is 0 Å². The van der Waals surface area contributed by atoms with Gasteiger partial charge in [-0.25, -0.2) is 9.97 Å². The predicted molar refractivity (Wildman–Crippen MR) is 128 cm³/mol. The highest BCUT2D eigenvalue weighted by Crippen LogP contribution is 2.30. The van der Waals surface area contributed by atoms with Crippen LogP contribution in [0.25, 0.3) is 10.1 Å². The summed E-state index contributed by atoms with van der Waals surface area (Å²) in [5, 5.41) is 3.52. The van der Waals surface area contributed by atoms with Crippen LogP contribution in [0.5, 0.6) is 5.75 Å². The highest BCUT2D eigenvalue weighted by atomic mass is 32.1. The van der Waals surface area contributed by atoms with Gasteiger partial charge in [-0.2, -0.15) is 0 Å². The molecule has 31 heavy (non-hydrogen) atoms. The van der Waals surface area contributed by atoms with E-state index < -0.39 is 0 Å². The standard InChI is InChI=1S/C26H27N3OS/c1-19-24(30-18-21-5-3-2-4-6-21)17-27-26(28-19)15-20-9-12-29(13-10-20)23-7-8-25-22(16-23)11-14-31-25/h2-8,11,14,16-17,20H,9-10,12-13,15,18H2,1H3. The Balaban J connectivity index is 1.16. The van der Waals surface area contributed by atoms with E-state index in [2.05, 4.69) is 51.7 Å². The Labute approximate surface area is 187 Å². The fraction of sp³-hybridized carbons (Fsp3) is 0.308. The highest BCUT2D eigenvalue weighted by molar-refractivity contribution is 7.17. The maximum atomic E-state index is 5.92. The summed E-state index contributed by atoms with van der Waals surface area (Å²) in [6.07, 6.45) is 5.13. The fourth-order valence-electron chi connectivity index (χ4n) is 4.28. The third kappa shape index (κ3) is 4.72. The van der Waals surface area contributed by atoms with E-state index in [1.165, 1.54) is 28.6 Å². The number of rotatable bonds is 6. The number of ether oxygens (including phenoxy) is 1. The smallest absolute Gasteiger partial charge is 0.159 e. The molecule has 0 spiro atoms. The number of hydrogen-bond donors (Lipinski definition) is 0. The quantitative estimate of drug-likeness (QED) is 0.375. The Bertz CT molecular complexity index is 1150. The van der Waals surface area contributed by atoms with Gasteiger partial charge in [0.05, 0.1) is 11.9 Å². The van der Waals surface area contributed by atoms with Crippen molar-refractivity contribution in [2.24, 2.45) is 5.92 Å². The fourth-order valence-corrected chi connectivity index (χ4v) is 5.05. The van der Waals surface area contributed by atoms with E-state index in [1.54, 1.807) is 11.3 Å². The van der Waals surface area contributed by atoms with Crippen LogP contribution in [0.1, 0.15) is 29.9 Å². The van der Waals surface area contributed by atoms with Gasteiger partial charge in [0.15, 0.2) is 5.75 Å². The van der Waals surface area contributed by atoms with Crippen LogP contribution >= 0.6 is 11.3 Å². The van der Waals surface area contributed by atoms with E-state index in [4.69, 9.17) is 9.72 Å². The number of nitrogens with zero attached hydrogens (tertiary/aromatic N) is 3. The minimum Gasteiger partial charge on any atom is -0.485 e. The third-order valence-electron chi connectivity index (χ3n) is 6.11. The van der Waals surface area contributed by atoms with Crippen LogP contribution in [0.4, 0.5) is 5.69 Å². The summed E-state index contributed by atoms with van der Waals surface area (Å²) < 4.78 is 7.29. The number of fused-ring (bicyclic) bond motifs is 1.